The van der Waals surface area contributed by atoms with Crippen molar-refractivity contribution in [3.8, 4) is 0 Å². The molecular weight excluding hydrogens is 477 g/mol. The zero-order valence-electron chi connectivity index (χ0n) is 16.4. The lowest BCUT2D eigenvalue weighted by atomic mass is 10.1. The second kappa shape index (κ2) is 11.8. The molecule has 2 heterocycles. The zero-order valence-corrected chi connectivity index (χ0v) is 19.6. The highest BCUT2D eigenvalue weighted by atomic mass is 127. The summed E-state index contributed by atoms with van der Waals surface area (Å²) in [6.45, 7) is 8.33. The van der Waals surface area contributed by atoms with Crippen LogP contribution in [0.3, 0.4) is 0 Å². The van der Waals surface area contributed by atoms with E-state index in [1.54, 1.807) is 11.2 Å². The number of sulfonamides is 1. The van der Waals surface area contributed by atoms with E-state index in [0.717, 1.165) is 37.5 Å². The van der Waals surface area contributed by atoms with Gasteiger partial charge in [-0.15, -0.1) is 24.0 Å². The summed E-state index contributed by atoms with van der Waals surface area (Å²) in [5.41, 5.74) is 2.19. The molecule has 1 aromatic rings. The van der Waals surface area contributed by atoms with Crippen molar-refractivity contribution in [2.75, 3.05) is 31.9 Å². The summed E-state index contributed by atoms with van der Waals surface area (Å²) in [4.78, 5) is 8.95. The molecule has 154 valence electrons. The molecule has 0 aliphatic carbocycles. The lowest BCUT2D eigenvalue weighted by Gasteiger charge is -2.32. The van der Waals surface area contributed by atoms with E-state index in [2.05, 4.69) is 26.7 Å². The van der Waals surface area contributed by atoms with Crippen molar-refractivity contribution in [1.82, 2.24) is 19.9 Å². The zero-order chi connectivity index (χ0) is 19.0. The van der Waals surface area contributed by atoms with E-state index in [1.807, 2.05) is 26.1 Å². The Hall–Kier alpha value is -0.940. The minimum Gasteiger partial charge on any atom is -0.357 e. The molecule has 2 N–H and O–H groups in total. The SMILES string of the molecule is CCNC(=NCCc1ccc(C)nc1)NC1CCN(S(=O)(=O)CC)CC1.I. The molecule has 0 amide bonds. The maximum Gasteiger partial charge on any atom is 0.213 e. The van der Waals surface area contributed by atoms with Gasteiger partial charge in [-0.3, -0.25) is 9.98 Å². The van der Waals surface area contributed by atoms with Gasteiger partial charge >= 0.3 is 0 Å². The normalized spacial score (nSPS) is 16.6. The molecule has 0 bridgehead atoms. The number of aromatic nitrogens is 1. The highest BCUT2D eigenvalue weighted by Crippen LogP contribution is 2.14. The number of aryl methyl sites for hydroxylation is 1. The van der Waals surface area contributed by atoms with Gasteiger partial charge in [-0.2, -0.15) is 0 Å². The third kappa shape index (κ3) is 7.90. The van der Waals surface area contributed by atoms with Gasteiger partial charge in [0.15, 0.2) is 5.96 Å². The largest absolute Gasteiger partial charge is 0.357 e. The van der Waals surface area contributed by atoms with Crippen molar-refractivity contribution in [1.29, 1.82) is 0 Å². The molecule has 1 aliphatic heterocycles. The number of hydrogen-bond acceptors (Lipinski definition) is 4. The van der Waals surface area contributed by atoms with Crippen LogP contribution in [-0.2, 0) is 16.4 Å². The molecule has 27 heavy (non-hydrogen) atoms. The summed E-state index contributed by atoms with van der Waals surface area (Å²) in [5, 5.41) is 6.71. The molecular formula is C18H32IN5O2S. The van der Waals surface area contributed by atoms with Gasteiger partial charge in [-0.25, -0.2) is 12.7 Å². The Bertz CT molecular complexity index is 686. The molecule has 0 saturated carbocycles. The summed E-state index contributed by atoms with van der Waals surface area (Å²) in [5.74, 6) is 0.965. The number of nitrogens with zero attached hydrogens (tertiary/aromatic N) is 3. The second-order valence-corrected chi connectivity index (χ2v) is 8.79. The van der Waals surface area contributed by atoms with Crippen molar-refractivity contribution >= 4 is 40.0 Å². The molecule has 0 radical (unpaired) electrons. The fraction of sp³-hybridized carbons (Fsp3) is 0.667. The maximum absolute atomic E-state index is 11.9. The van der Waals surface area contributed by atoms with Crippen molar-refractivity contribution in [3.63, 3.8) is 0 Å². The average Bonchev–Trinajstić information content (AvgIpc) is 2.64. The minimum atomic E-state index is -3.08. The summed E-state index contributed by atoms with van der Waals surface area (Å²) < 4.78 is 25.5. The van der Waals surface area contributed by atoms with Crippen molar-refractivity contribution in [2.24, 2.45) is 4.99 Å². The van der Waals surface area contributed by atoms with Gasteiger partial charge in [0.25, 0.3) is 0 Å². The van der Waals surface area contributed by atoms with Gasteiger partial charge in [0, 0.05) is 44.1 Å². The van der Waals surface area contributed by atoms with Gasteiger partial charge < -0.3 is 10.6 Å². The van der Waals surface area contributed by atoms with E-state index in [1.165, 1.54) is 5.56 Å². The van der Waals surface area contributed by atoms with E-state index in [-0.39, 0.29) is 35.8 Å². The number of nitrogens with one attached hydrogen (secondary N) is 2. The summed E-state index contributed by atoms with van der Waals surface area (Å²) in [6, 6.07) is 4.35. The number of halogens is 1. The van der Waals surface area contributed by atoms with Crippen LogP contribution >= 0.6 is 24.0 Å². The monoisotopic (exact) mass is 509 g/mol. The molecule has 1 fully saturated rings. The van der Waals surface area contributed by atoms with Crippen LogP contribution in [0.15, 0.2) is 23.3 Å². The molecule has 1 aliphatic rings. The fourth-order valence-corrected chi connectivity index (χ4v) is 4.05. The molecule has 7 nitrogen and oxygen atoms in total. The van der Waals surface area contributed by atoms with Crippen LogP contribution in [0.1, 0.15) is 37.9 Å². The Morgan fingerprint density at radius 1 is 1.30 bits per heavy atom. The highest BCUT2D eigenvalue weighted by molar-refractivity contribution is 14.0. The summed E-state index contributed by atoms with van der Waals surface area (Å²) in [7, 11) is -3.08. The van der Waals surface area contributed by atoms with E-state index in [0.29, 0.717) is 19.6 Å². The van der Waals surface area contributed by atoms with Crippen LogP contribution < -0.4 is 10.6 Å². The first-order chi connectivity index (χ1) is 12.4. The van der Waals surface area contributed by atoms with Crippen LogP contribution in [0.4, 0.5) is 0 Å². The van der Waals surface area contributed by atoms with Crippen LogP contribution in [0.2, 0.25) is 0 Å². The number of pyridine rings is 1. The maximum atomic E-state index is 11.9. The summed E-state index contributed by atoms with van der Waals surface area (Å²) in [6.07, 6.45) is 4.34. The Labute approximate surface area is 180 Å². The fourth-order valence-electron chi connectivity index (χ4n) is 2.92. The Balaban J connectivity index is 0.00000364. The van der Waals surface area contributed by atoms with Gasteiger partial charge in [0.2, 0.25) is 10.0 Å². The number of piperidine rings is 1. The Morgan fingerprint density at radius 3 is 2.56 bits per heavy atom. The molecule has 0 spiro atoms. The van der Waals surface area contributed by atoms with Crippen LogP contribution in [0.25, 0.3) is 0 Å². The van der Waals surface area contributed by atoms with E-state index >= 15 is 0 Å². The van der Waals surface area contributed by atoms with E-state index in [9.17, 15) is 8.42 Å². The molecule has 1 aromatic heterocycles. The predicted octanol–water partition coefficient (Wildman–Crippen LogP) is 1.92. The van der Waals surface area contributed by atoms with Crippen molar-refractivity contribution < 1.29 is 8.42 Å². The van der Waals surface area contributed by atoms with Crippen LogP contribution in [-0.4, -0.2) is 61.6 Å². The quantitative estimate of drug-likeness (QED) is 0.333. The molecule has 0 unspecified atom stereocenters. The molecule has 0 aromatic carbocycles. The van der Waals surface area contributed by atoms with Gasteiger partial charge in [0.1, 0.15) is 0 Å². The first-order valence-corrected chi connectivity index (χ1v) is 11.0. The molecule has 0 atom stereocenters. The second-order valence-electron chi connectivity index (χ2n) is 6.54. The molecule has 2 rings (SSSR count). The topological polar surface area (TPSA) is 86.7 Å². The average molecular weight is 509 g/mol. The third-order valence-corrected chi connectivity index (χ3v) is 6.42. The Morgan fingerprint density at radius 2 is 2.00 bits per heavy atom. The lowest BCUT2D eigenvalue weighted by molar-refractivity contribution is 0.306. The van der Waals surface area contributed by atoms with Crippen molar-refractivity contribution in [3.05, 3.63) is 29.6 Å². The number of rotatable bonds is 7. The van der Waals surface area contributed by atoms with Crippen molar-refractivity contribution in [2.45, 2.75) is 46.1 Å². The van der Waals surface area contributed by atoms with Crippen LogP contribution in [0, 0.1) is 6.92 Å². The molecule has 9 heteroatoms. The minimum absolute atomic E-state index is 0. The smallest absolute Gasteiger partial charge is 0.213 e. The van der Waals surface area contributed by atoms with E-state index < -0.39 is 10.0 Å². The third-order valence-electron chi connectivity index (χ3n) is 4.54. The predicted molar refractivity (Wildman–Crippen MR) is 121 cm³/mol. The summed E-state index contributed by atoms with van der Waals surface area (Å²) >= 11 is 0. The Kier molecular flexibility index (Phi) is 10.5. The van der Waals surface area contributed by atoms with Gasteiger partial charge in [-0.1, -0.05) is 6.07 Å². The van der Waals surface area contributed by atoms with Gasteiger partial charge in [-0.05, 0) is 51.7 Å². The first-order valence-electron chi connectivity index (χ1n) is 9.38. The number of aliphatic imine (C=N–C) groups is 1. The standard InChI is InChI=1S/C18H31N5O2S.HI/c1-4-19-18(20-11-8-16-7-6-15(3)21-14-16)22-17-9-12-23(13-10-17)26(24,25)5-2;/h6-7,14,17H,4-5,8-13H2,1-3H3,(H2,19,20,22);1H. The highest BCUT2D eigenvalue weighted by Gasteiger charge is 2.26. The van der Waals surface area contributed by atoms with E-state index in [4.69, 9.17) is 0 Å². The number of hydrogen-bond donors (Lipinski definition) is 2. The lowest BCUT2D eigenvalue weighted by Crippen LogP contribution is -2.50. The van der Waals surface area contributed by atoms with Gasteiger partial charge in [0.05, 0.1) is 5.75 Å². The number of guanidine groups is 1. The van der Waals surface area contributed by atoms with Crippen LogP contribution in [0.5, 0.6) is 0 Å². The first kappa shape index (κ1) is 24.1. The molecule has 1 saturated heterocycles.